The smallest absolute Gasteiger partial charge is 0.257 e. The average molecular weight is 342 g/mol. The summed E-state index contributed by atoms with van der Waals surface area (Å²) in [5, 5.41) is 3.83. The van der Waals surface area contributed by atoms with Gasteiger partial charge in [0, 0.05) is 50.1 Å². The topological polar surface area (TPSA) is 81.2 Å². The molecule has 0 atom stereocenters. The van der Waals surface area contributed by atoms with Crippen LogP contribution in [0.25, 0.3) is 10.9 Å². The molecule has 2 aromatic heterocycles. The van der Waals surface area contributed by atoms with Crippen molar-refractivity contribution in [1.82, 2.24) is 19.9 Å². The molecule has 0 aliphatic rings. The van der Waals surface area contributed by atoms with E-state index in [4.69, 9.17) is 9.47 Å². The molecule has 2 N–H and O–H groups in total. The summed E-state index contributed by atoms with van der Waals surface area (Å²) in [4.78, 5) is 18.9. The molecular weight excluding hydrogens is 320 g/mol. The summed E-state index contributed by atoms with van der Waals surface area (Å²) in [6.07, 6.45) is 6.09. The summed E-state index contributed by atoms with van der Waals surface area (Å²) in [6.45, 7) is 1.96. The molecule has 0 unspecified atom stereocenters. The monoisotopic (exact) mass is 342 g/mol. The van der Waals surface area contributed by atoms with Crippen molar-refractivity contribution in [1.29, 1.82) is 0 Å². The Morgan fingerprint density at radius 2 is 2.28 bits per heavy atom. The Morgan fingerprint density at radius 1 is 1.36 bits per heavy atom. The molecule has 3 rings (SSSR count). The lowest BCUT2D eigenvalue weighted by molar-refractivity contribution is -0.123. The van der Waals surface area contributed by atoms with Gasteiger partial charge in [-0.3, -0.25) is 4.79 Å². The minimum Gasteiger partial charge on any atom is -0.483 e. The first-order chi connectivity index (χ1) is 12.3. The van der Waals surface area contributed by atoms with Crippen molar-refractivity contribution < 1.29 is 14.3 Å². The van der Waals surface area contributed by atoms with Crippen LogP contribution in [0.5, 0.6) is 5.75 Å². The van der Waals surface area contributed by atoms with Crippen molar-refractivity contribution >= 4 is 16.8 Å². The molecule has 3 aromatic rings. The Balaban J connectivity index is 1.53. The molecule has 2 heterocycles. The van der Waals surface area contributed by atoms with Crippen molar-refractivity contribution in [3.05, 3.63) is 48.7 Å². The molecule has 7 nitrogen and oxygen atoms in total. The fraction of sp³-hybridized carbons (Fsp3) is 0.333. The summed E-state index contributed by atoms with van der Waals surface area (Å²) in [6, 6.07) is 7.83. The lowest BCUT2D eigenvalue weighted by Crippen LogP contribution is -2.30. The van der Waals surface area contributed by atoms with E-state index in [2.05, 4.69) is 19.9 Å². The summed E-state index contributed by atoms with van der Waals surface area (Å²) in [7, 11) is 1.69. The number of H-pyrrole nitrogens is 1. The van der Waals surface area contributed by atoms with E-state index in [0.717, 1.165) is 23.1 Å². The second kappa shape index (κ2) is 8.34. The fourth-order valence-electron chi connectivity index (χ4n) is 2.66. The predicted molar refractivity (Wildman–Crippen MR) is 94.6 cm³/mol. The molecule has 132 valence electrons. The maximum absolute atomic E-state index is 11.9. The molecule has 0 aliphatic heterocycles. The molecule has 0 spiro atoms. The number of nitrogens with zero attached hydrogens (tertiary/aromatic N) is 2. The zero-order valence-corrected chi connectivity index (χ0v) is 14.2. The van der Waals surface area contributed by atoms with Gasteiger partial charge < -0.3 is 24.3 Å². The molecule has 25 heavy (non-hydrogen) atoms. The second-order valence-corrected chi connectivity index (χ2v) is 5.66. The number of amides is 1. The Morgan fingerprint density at radius 3 is 3.08 bits per heavy atom. The first-order valence-corrected chi connectivity index (χ1v) is 8.21. The van der Waals surface area contributed by atoms with Gasteiger partial charge in [0.1, 0.15) is 5.75 Å². The van der Waals surface area contributed by atoms with Gasteiger partial charge in [-0.1, -0.05) is 6.07 Å². The van der Waals surface area contributed by atoms with Crippen LogP contribution in [-0.4, -0.2) is 47.3 Å². The third kappa shape index (κ3) is 4.39. The third-order valence-electron chi connectivity index (χ3n) is 3.94. The van der Waals surface area contributed by atoms with Crippen LogP contribution in [0, 0.1) is 0 Å². The van der Waals surface area contributed by atoms with Gasteiger partial charge in [-0.25, -0.2) is 4.98 Å². The Hall–Kier alpha value is -2.80. The largest absolute Gasteiger partial charge is 0.483 e. The average Bonchev–Trinajstić information content (AvgIpc) is 3.28. The highest BCUT2D eigenvalue weighted by Crippen LogP contribution is 2.26. The molecular formula is C18H22N4O3. The zero-order chi connectivity index (χ0) is 17.5. The van der Waals surface area contributed by atoms with Crippen LogP contribution in [0.4, 0.5) is 0 Å². The van der Waals surface area contributed by atoms with E-state index in [0.29, 0.717) is 25.3 Å². The van der Waals surface area contributed by atoms with Crippen LogP contribution in [0.2, 0.25) is 0 Å². The normalized spacial score (nSPS) is 10.9. The highest BCUT2D eigenvalue weighted by atomic mass is 16.5. The molecule has 0 bridgehead atoms. The van der Waals surface area contributed by atoms with E-state index >= 15 is 0 Å². The number of methoxy groups -OCH3 is 1. The van der Waals surface area contributed by atoms with Crippen molar-refractivity contribution in [2.24, 2.45) is 0 Å². The van der Waals surface area contributed by atoms with Crippen LogP contribution in [0.15, 0.2) is 43.0 Å². The van der Waals surface area contributed by atoms with E-state index in [9.17, 15) is 4.79 Å². The van der Waals surface area contributed by atoms with Crippen LogP contribution in [0.3, 0.4) is 0 Å². The molecule has 0 fully saturated rings. The number of carbonyl (C=O) groups is 1. The highest BCUT2D eigenvalue weighted by Gasteiger charge is 2.08. The Kier molecular flexibility index (Phi) is 5.69. The van der Waals surface area contributed by atoms with Crippen LogP contribution >= 0.6 is 0 Å². The first kappa shape index (κ1) is 17.0. The minimum atomic E-state index is -0.143. The predicted octanol–water partition coefficient (Wildman–Crippen LogP) is 1.75. The fourth-order valence-corrected chi connectivity index (χ4v) is 2.66. The van der Waals surface area contributed by atoms with E-state index in [-0.39, 0.29) is 12.5 Å². The van der Waals surface area contributed by atoms with E-state index in [1.807, 2.05) is 30.5 Å². The van der Waals surface area contributed by atoms with Gasteiger partial charge >= 0.3 is 0 Å². The van der Waals surface area contributed by atoms with E-state index in [1.165, 1.54) is 0 Å². The van der Waals surface area contributed by atoms with Crippen LogP contribution < -0.4 is 10.1 Å². The van der Waals surface area contributed by atoms with Gasteiger partial charge in [-0.15, -0.1) is 0 Å². The second-order valence-electron chi connectivity index (χ2n) is 5.66. The lowest BCUT2D eigenvalue weighted by Gasteiger charge is -2.09. The maximum Gasteiger partial charge on any atom is 0.257 e. The summed E-state index contributed by atoms with van der Waals surface area (Å²) in [5.41, 5.74) is 2.05. The molecule has 0 aliphatic carbocycles. The number of benzene rings is 1. The van der Waals surface area contributed by atoms with E-state index < -0.39 is 0 Å². The highest BCUT2D eigenvalue weighted by molar-refractivity contribution is 5.87. The number of hydrogen-bond donors (Lipinski definition) is 2. The first-order valence-electron chi connectivity index (χ1n) is 8.21. The number of aromatic nitrogens is 3. The third-order valence-corrected chi connectivity index (χ3v) is 3.94. The summed E-state index contributed by atoms with van der Waals surface area (Å²) < 4.78 is 12.9. The van der Waals surface area contributed by atoms with Crippen LogP contribution in [0.1, 0.15) is 5.69 Å². The van der Waals surface area contributed by atoms with Gasteiger partial charge in [-0.05, 0) is 18.2 Å². The van der Waals surface area contributed by atoms with Gasteiger partial charge in [0.15, 0.2) is 6.61 Å². The number of imidazole rings is 1. The number of carbonyl (C=O) groups excluding carboxylic acids is 1. The molecule has 0 radical (unpaired) electrons. The molecule has 1 aromatic carbocycles. The number of fused-ring (bicyclic) bond motifs is 1. The molecule has 0 saturated carbocycles. The zero-order valence-electron chi connectivity index (χ0n) is 14.2. The Labute approximate surface area is 146 Å². The van der Waals surface area contributed by atoms with Crippen molar-refractivity contribution in [3.63, 3.8) is 0 Å². The molecule has 0 saturated heterocycles. The Bertz CT molecular complexity index is 811. The van der Waals surface area contributed by atoms with Gasteiger partial charge in [0.2, 0.25) is 0 Å². The number of nitrogens with one attached hydrogen (secondary N) is 2. The summed E-state index contributed by atoms with van der Waals surface area (Å²) >= 11 is 0. The van der Waals surface area contributed by atoms with Crippen molar-refractivity contribution in [2.75, 3.05) is 26.9 Å². The molecule has 7 heteroatoms. The van der Waals surface area contributed by atoms with Gasteiger partial charge in [-0.2, -0.15) is 0 Å². The number of hydrogen-bond acceptors (Lipinski definition) is 4. The quantitative estimate of drug-likeness (QED) is 0.621. The summed E-state index contributed by atoms with van der Waals surface area (Å²) in [5.74, 6) is 0.563. The van der Waals surface area contributed by atoms with Gasteiger partial charge in [0.25, 0.3) is 5.91 Å². The number of rotatable bonds is 9. The lowest BCUT2D eigenvalue weighted by atomic mass is 10.2. The van der Waals surface area contributed by atoms with E-state index in [1.54, 1.807) is 19.6 Å². The van der Waals surface area contributed by atoms with Crippen molar-refractivity contribution in [3.8, 4) is 5.75 Å². The van der Waals surface area contributed by atoms with Crippen molar-refractivity contribution in [2.45, 2.75) is 13.0 Å². The van der Waals surface area contributed by atoms with Crippen LogP contribution in [-0.2, 0) is 22.5 Å². The number of aromatic amines is 1. The minimum absolute atomic E-state index is 0.00859. The maximum atomic E-state index is 11.9. The number of ether oxygens (including phenoxy) is 2. The van der Waals surface area contributed by atoms with Gasteiger partial charge in [0.05, 0.1) is 18.5 Å². The molecule has 1 amide bonds. The SMILES string of the molecule is COCCn1ccc2c(OCC(=O)NCCc3cnc[nH]3)cccc21. The standard InChI is InChI=1S/C18H22N4O3/c1-24-10-9-22-8-6-15-16(22)3-2-4-17(15)25-12-18(23)20-7-5-14-11-19-13-21-14/h2-4,6,8,11,13H,5,7,9-10,12H2,1H3,(H,19,21)(H,20,23).